The molecule has 1 spiro atoms. The maximum Gasteiger partial charge on any atom is 0.164 e. The zero-order chi connectivity index (χ0) is 38.9. The summed E-state index contributed by atoms with van der Waals surface area (Å²) >= 11 is 0. The van der Waals surface area contributed by atoms with E-state index in [9.17, 15) is 0 Å². The zero-order valence-corrected chi connectivity index (χ0v) is 33.0. The van der Waals surface area contributed by atoms with Crippen molar-refractivity contribution in [3.8, 4) is 56.4 Å². The lowest BCUT2D eigenvalue weighted by molar-refractivity contribution is -0.0419. The third kappa shape index (κ3) is 5.61. The number of hydrogen-bond donors (Lipinski definition) is 0. The first kappa shape index (κ1) is 34.4. The van der Waals surface area contributed by atoms with E-state index in [1.807, 2.05) is 0 Å². The quantitative estimate of drug-likeness (QED) is 0.169. The van der Waals surface area contributed by atoms with E-state index in [4.69, 9.17) is 15.0 Å². The average Bonchev–Trinajstić information content (AvgIpc) is 3.31. The Morgan fingerprint density at radius 1 is 0.356 bits per heavy atom. The number of benzene rings is 7. The molecule has 4 nitrogen and oxygen atoms in total. The second-order valence-corrected chi connectivity index (χ2v) is 17.3. The van der Waals surface area contributed by atoms with Crippen LogP contribution in [0.25, 0.3) is 56.4 Å². The zero-order valence-electron chi connectivity index (χ0n) is 33.0. The topological polar surface area (TPSA) is 41.9 Å². The lowest BCUT2D eigenvalue weighted by atomic mass is 9.41. The van der Waals surface area contributed by atoms with Crippen molar-refractivity contribution in [2.75, 3.05) is 4.90 Å². The first-order chi connectivity index (χ1) is 29.2. The minimum Gasteiger partial charge on any atom is -0.310 e. The monoisotopic (exact) mass is 760 g/mol. The average molecular weight is 761 g/mol. The molecule has 4 fully saturated rings. The van der Waals surface area contributed by atoms with Gasteiger partial charge in [-0.25, -0.2) is 15.0 Å². The molecular weight excluding hydrogens is 717 g/mol. The van der Waals surface area contributed by atoms with Gasteiger partial charge >= 0.3 is 0 Å². The van der Waals surface area contributed by atoms with Gasteiger partial charge in [0.2, 0.25) is 0 Å². The summed E-state index contributed by atoms with van der Waals surface area (Å²) in [6.45, 7) is 0. The Balaban J connectivity index is 1.04. The van der Waals surface area contributed by atoms with Crippen molar-refractivity contribution in [2.24, 2.45) is 23.7 Å². The summed E-state index contributed by atoms with van der Waals surface area (Å²) in [5.41, 5.74) is 14.4. The van der Waals surface area contributed by atoms with Crippen LogP contribution in [0, 0.1) is 23.7 Å². The van der Waals surface area contributed by atoms with Gasteiger partial charge in [0.15, 0.2) is 17.5 Å². The molecule has 0 amide bonds. The Labute approximate surface area is 346 Å². The van der Waals surface area contributed by atoms with Crippen LogP contribution in [0.5, 0.6) is 0 Å². The maximum atomic E-state index is 5.33. The summed E-state index contributed by atoms with van der Waals surface area (Å²) in [7, 11) is 0. The predicted octanol–water partition coefficient (Wildman–Crippen LogP) is 13.7. The highest BCUT2D eigenvalue weighted by molar-refractivity contribution is 5.88. The van der Waals surface area contributed by atoms with Crippen LogP contribution in [0.3, 0.4) is 0 Å². The number of para-hydroxylation sites is 2. The van der Waals surface area contributed by atoms with Crippen LogP contribution in [0.15, 0.2) is 182 Å². The van der Waals surface area contributed by atoms with Gasteiger partial charge in [0.25, 0.3) is 0 Å². The second-order valence-electron chi connectivity index (χ2n) is 17.3. The molecule has 0 radical (unpaired) electrons. The van der Waals surface area contributed by atoms with Gasteiger partial charge in [0.05, 0.1) is 11.4 Å². The van der Waals surface area contributed by atoms with Gasteiger partial charge in [-0.2, -0.15) is 0 Å². The molecule has 8 aromatic rings. The van der Waals surface area contributed by atoms with Crippen molar-refractivity contribution in [3.63, 3.8) is 0 Å². The summed E-state index contributed by atoms with van der Waals surface area (Å²) in [6.07, 6.45) is 6.67. The summed E-state index contributed by atoms with van der Waals surface area (Å²) in [4.78, 5) is 18.4. The lowest BCUT2D eigenvalue weighted by Crippen LogP contribution is -2.57. The van der Waals surface area contributed by atoms with E-state index in [-0.39, 0.29) is 5.41 Å². The van der Waals surface area contributed by atoms with Crippen LogP contribution in [0.4, 0.5) is 17.1 Å². The molecule has 0 atom stereocenters. The first-order valence-electron chi connectivity index (χ1n) is 21.4. The Morgan fingerprint density at radius 2 is 0.763 bits per heavy atom. The Kier molecular flexibility index (Phi) is 8.01. The molecule has 4 bridgehead atoms. The summed E-state index contributed by atoms with van der Waals surface area (Å²) in [5.74, 6) is 4.99. The highest BCUT2D eigenvalue weighted by atomic mass is 15.2. The molecule has 0 N–H and O–H groups in total. The highest BCUT2D eigenvalue weighted by Crippen LogP contribution is 2.69. The fraction of sp³-hybridized carbons (Fsp3) is 0.182. The van der Waals surface area contributed by atoms with E-state index in [1.54, 1.807) is 0 Å². The molecule has 4 aliphatic carbocycles. The molecule has 4 saturated carbocycles. The molecule has 5 aliphatic rings. The van der Waals surface area contributed by atoms with Crippen LogP contribution in [0.1, 0.15) is 43.2 Å². The van der Waals surface area contributed by atoms with E-state index in [2.05, 4.69) is 187 Å². The van der Waals surface area contributed by atoms with E-state index in [1.165, 1.54) is 82.5 Å². The van der Waals surface area contributed by atoms with Crippen LogP contribution >= 0.6 is 0 Å². The van der Waals surface area contributed by atoms with E-state index < -0.39 is 0 Å². The number of fused-ring (bicyclic) bond motifs is 2. The molecular formula is C55H44N4. The van der Waals surface area contributed by atoms with Crippen molar-refractivity contribution >= 4 is 17.1 Å². The van der Waals surface area contributed by atoms with Gasteiger partial charge < -0.3 is 4.90 Å². The van der Waals surface area contributed by atoms with Crippen LogP contribution in [0.2, 0.25) is 0 Å². The molecule has 13 rings (SSSR count). The normalized spacial score (nSPS) is 22.3. The van der Waals surface area contributed by atoms with Crippen LogP contribution < -0.4 is 4.90 Å². The van der Waals surface area contributed by atoms with Gasteiger partial charge in [0.1, 0.15) is 0 Å². The fourth-order valence-electron chi connectivity index (χ4n) is 11.8. The van der Waals surface area contributed by atoms with E-state index >= 15 is 0 Å². The Hall–Kier alpha value is -6.65. The molecule has 1 aromatic heterocycles. The van der Waals surface area contributed by atoms with Gasteiger partial charge in [-0.1, -0.05) is 146 Å². The predicted molar refractivity (Wildman–Crippen MR) is 240 cm³/mol. The summed E-state index contributed by atoms with van der Waals surface area (Å²) in [6, 6.07) is 65.7. The largest absolute Gasteiger partial charge is 0.310 e. The number of rotatable bonds is 6. The molecule has 4 heteroatoms. The smallest absolute Gasteiger partial charge is 0.164 e. The SMILES string of the molecule is c1ccc(-c2ccc(-c3nc(-c4ccc(-c5ccccc5)cc4)nc(-c4ccc5c(c4)C4(c6ccccc6N5c5ccccc5)C5CC6CC(C5)CC4C6)n3)cc2)cc1. The fourth-order valence-corrected chi connectivity index (χ4v) is 11.8. The van der Waals surface area contributed by atoms with E-state index in [0.29, 0.717) is 29.3 Å². The third-order valence-electron chi connectivity index (χ3n) is 14.1. The van der Waals surface area contributed by atoms with Gasteiger partial charge in [0, 0.05) is 27.8 Å². The van der Waals surface area contributed by atoms with Crippen molar-refractivity contribution in [2.45, 2.75) is 37.5 Å². The maximum absolute atomic E-state index is 5.33. The minimum absolute atomic E-state index is 0.0557. The van der Waals surface area contributed by atoms with Gasteiger partial charge in [-0.05, 0) is 126 Å². The number of hydrogen-bond acceptors (Lipinski definition) is 4. The number of aromatic nitrogens is 3. The Morgan fingerprint density at radius 3 is 1.31 bits per heavy atom. The first-order valence-corrected chi connectivity index (χ1v) is 21.4. The molecule has 0 unspecified atom stereocenters. The molecule has 7 aromatic carbocycles. The third-order valence-corrected chi connectivity index (χ3v) is 14.1. The number of anilines is 3. The standard InChI is InChI=1S/C55H44N4/c1-4-12-38(13-5-1)40-20-24-42(25-21-40)52-56-53(43-26-22-41(23-27-43)39-14-6-2-7-15-39)58-54(57-52)44-28-29-51-49(35-44)55(45-31-36-30-37(33-45)34-46(55)32-36)48-18-10-11-19-50(48)59(51)47-16-8-3-9-17-47/h1-29,35-37,45-46H,30-34H2. The van der Waals surface area contributed by atoms with Crippen LogP contribution in [-0.4, -0.2) is 15.0 Å². The van der Waals surface area contributed by atoms with Crippen molar-refractivity contribution in [1.29, 1.82) is 0 Å². The minimum atomic E-state index is -0.0557. The molecule has 284 valence electrons. The molecule has 1 aliphatic heterocycles. The van der Waals surface area contributed by atoms with Crippen LogP contribution in [-0.2, 0) is 5.41 Å². The Bertz CT molecular complexity index is 2690. The van der Waals surface area contributed by atoms with Gasteiger partial charge in [-0.3, -0.25) is 0 Å². The molecule has 0 saturated heterocycles. The van der Waals surface area contributed by atoms with Crippen molar-refractivity contribution in [1.82, 2.24) is 15.0 Å². The second kappa shape index (κ2) is 13.7. The van der Waals surface area contributed by atoms with Gasteiger partial charge in [-0.15, -0.1) is 0 Å². The van der Waals surface area contributed by atoms with E-state index in [0.717, 1.165) is 28.5 Å². The van der Waals surface area contributed by atoms with Crippen molar-refractivity contribution in [3.05, 3.63) is 193 Å². The number of nitrogens with zero attached hydrogens (tertiary/aromatic N) is 4. The lowest BCUT2D eigenvalue weighted by Gasteiger charge is -2.64. The highest BCUT2D eigenvalue weighted by Gasteiger charge is 2.61. The van der Waals surface area contributed by atoms with Crippen molar-refractivity contribution < 1.29 is 0 Å². The summed E-state index contributed by atoms with van der Waals surface area (Å²) < 4.78 is 0. The molecule has 59 heavy (non-hydrogen) atoms. The summed E-state index contributed by atoms with van der Waals surface area (Å²) in [5, 5.41) is 0. The molecule has 2 heterocycles.